The van der Waals surface area contributed by atoms with E-state index < -0.39 is 0 Å². The molecule has 7 heteroatoms. The van der Waals surface area contributed by atoms with Gasteiger partial charge in [0.2, 0.25) is 0 Å². The van der Waals surface area contributed by atoms with Crippen LogP contribution in [0, 0.1) is 6.92 Å². The average Bonchev–Trinajstić information content (AvgIpc) is 3.24. The molecule has 23 heavy (non-hydrogen) atoms. The molecule has 7 nitrogen and oxygen atoms in total. The van der Waals surface area contributed by atoms with Gasteiger partial charge in [-0.3, -0.25) is 9.89 Å². The highest BCUT2D eigenvalue weighted by atomic mass is 16.1. The van der Waals surface area contributed by atoms with Gasteiger partial charge in [-0.05, 0) is 19.4 Å². The number of amides is 1. The molecule has 0 aliphatic heterocycles. The molecular weight excluding hydrogens is 292 g/mol. The maximum Gasteiger partial charge on any atom is 0.252 e. The van der Waals surface area contributed by atoms with Crippen LogP contribution in [0.25, 0.3) is 11.4 Å². The summed E-state index contributed by atoms with van der Waals surface area (Å²) >= 11 is 0. The Kier molecular flexibility index (Phi) is 4.18. The summed E-state index contributed by atoms with van der Waals surface area (Å²) in [5, 5.41) is 9.66. The smallest absolute Gasteiger partial charge is 0.252 e. The highest BCUT2D eigenvalue weighted by Gasteiger charge is 2.19. The molecular formula is C16H18N6O. The third-order valence-corrected chi connectivity index (χ3v) is 3.61. The molecule has 3 aromatic rings. The summed E-state index contributed by atoms with van der Waals surface area (Å²) in [4.78, 5) is 24.3. The van der Waals surface area contributed by atoms with Gasteiger partial charge in [0.1, 0.15) is 12.2 Å². The Morgan fingerprint density at radius 2 is 2.13 bits per heavy atom. The number of aryl methyl sites for hydroxylation is 1. The molecule has 0 fully saturated rings. The number of aromatic amines is 2. The molecule has 2 aromatic heterocycles. The summed E-state index contributed by atoms with van der Waals surface area (Å²) in [6.45, 7) is 3.94. The third-order valence-electron chi connectivity index (χ3n) is 3.61. The molecule has 2 heterocycles. The fourth-order valence-electron chi connectivity index (χ4n) is 2.43. The van der Waals surface area contributed by atoms with Crippen molar-refractivity contribution in [1.82, 2.24) is 30.5 Å². The molecule has 118 valence electrons. The zero-order chi connectivity index (χ0) is 16.2. The van der Waals surface area contributed by atoms with E-state index in [1.807, 2.05) is 32.0 Å². The largest absolute Gasteiger partial charge is 0.344 e. The lowest BCUT2D eigenvalue weighted by atomic mass is 10.1. The van der Waals surface area contributed by atoms with Gasteiger partial charge >= 0.3 is 0 Å². The van der Waals surface area contributed by atoms with E-state index in [1.54, 1.807) is 12.3 Å². The van der Waals surface area contributed by atoms with Crippen LogP contribution in [0.1, 0.15) is 41.3 Å². The molecule has 0 spiro atoms. The van der Waals surface area contributed by atoms with Crippen molar-refractivity contribution >= 4 is 5.91 Å². The van der Waals surface area contributed by atoms with E-state index >= 15 is 0 Å². The van der Waals surface area contributed by atoms with Crippen LogP contribution in [0.3, 0.4) is 0 Å². The lowest BCUT2D eigenvalue weighted by Crippen LogP contribution is -2.29. The van der Waals surface area contributed by atoms with Crippen molar-refractivity contribution in [2.45, 2.75) is 26.3 Å². The SMILES string of the molecule is CC[C@H](NC(=O)c1ccccc1-c1ncn[nH]1)c1ncc(C)[nH]1. The number of nitrogens with one attached hydrogen (secondary N) is 3. The molecule has 3 rings (SSSR count). The fourth-order valence-corrected chi connectivity index (χ4v) is 2.43. The molecule has 1 amide bonds. The standard InChI is InChI=1S/C16H18N6O/c1-3-13(15-17-8-10(2)20-15)21-16(23)12-7-5-4-6-11(12)14-18-9-19-22-14/h4-9,13H,3H2,1-2H3,(H,17,20)(H,21,23)(H,18,19,22)/t13-/m0/s1. The van der Waals surface area contributed by atoms with Gasteiger partial charge in [-0.1, -0.05) is 25.1 Å². The van der Waals surface area contributed by atoms with Crippen molar-refractivity contribution in [3.8, 4) is 11.4 Å². The number of aromatic nitrogens is 5. The number of hydrogen-bond acceptors (Lipinski definition) is 4. The quantitative estimate of drug-likeness (QED) is 0.673. The van der Waals surface area contributed by atoms with E-state index in [9.17, 15) is 4.79 Å². The molecule has 0 aliphatic carbocycles. The zero-order valence-electron chi connectivity index (χ0n) is 13.0. The zero-order valence-corrected chi connectivity index (χ0v) is 13.0. The molecule has 1 atom stereocenters. The fraction of sp³-hybridized carbons (Fsp3) is 0.250. The summed E-state index contributed by atoms with van der Waals surface area (Å²) in [6.07, 6.45) is 3.92. The van der Waals surface area contributed by atoms with Gasteiger partial charge in [0, 0.05) is 17.5 Å². The number of carbonyl (C=O) groups is 1. The number of imidazole rings is 1. The number of H-pyrrole nitrogens is 2. The van der Waals surface area contributed by atoms with Crippen LogP contribution in [0.4, 0.5) is 0 Å². The topological polar surface area (TPSA) is 99.3 Å². The second-order valence-electron chi connectivity index (χ2n) is 5.27. The number of hydrogen-bond donors (Lipinski definition) is 3. The Morgan fingerprint density at radius 1 is 1.30 bits per heavy atom. The van der Waals surface area contributed by atoms with Crippen molar-refractivity contribution in [3.05, 3.63) is 53.9 Å². The van der Waals surface area contributed by atoms with Gasteiger partial charge in [-0.2, -0.15) is 5.10 Å². The Morgan fingerprint density at radius 3 is 2.78 bits per heavy atom. The van der Waals surface area contributed by atoms with Crippen molar-refractivity contribution in [3.63, 3.8) is 0 Å². The number of nitrogens with zero attached hydrogens (tertiary/aromatic N) is 3. The molecule has 3 N–H and O–H groups in total. The van der Waals surface area contributed by atoms with Gasteiger partial charge in [0.05, 0.1) is 11.6 Å². The van der Waals surface area contributed by atoms with Crippen LogP contribution in [-0.2, 0) is 0 Å². The Bertz CT molecular complexity index is 793. The van der Waals surface area contributed by atoms with E-state index in [4.69, 9.17) is 0 Å². The summed E-state index contributed by atoms with van der Waals surface area (Å²) in [5.41, 5.74) is 2.23. The summed E-state index contributed by atoms with van der Waals surface area (Å²) in [6, 6.07) is 7.13. The molecule has 0 bridgehead atoms. The van der Waals surface area contributed by atoms with E-state index in [1.165, 1.54) is 6.33 Å². The van der Waals surface area contributed by atoms with Crippen LogP contribution >= 0.6 is 0 Å². The van der Waals surface area contributed by atoms with Crippen LogP contribution in [0.15, 0.2) is 36.8 Å². The van der Waals surface area contributed by atoms with Crippen LogP contribution in [0.2, 0.25) is 0 Å². The van der Waals surface area contributed by atoms with Crippen molar-refractivity contribution in [2.75, 3.05) is 0 Å². The van der Waals surface area contributed by atoms with Crippen molar-refractivity contribution < 1.29 is 4.79 Å². The van der Waals surface area contributed by atoms with E-state index in [-0.39, 0.29) is 11.9 Å². The molecule has 0 aliphatic rings. The normalized spacial score (nSPS) is 12.1. The first-order chi connectivity index (χ1) is 11.2. The first-order valence-electron chi connectivity index (χ1n) is 7.46. The van der Waals surface area contributed by atoms with Crippen molar-refractivity contribution in [2.24, 2.45) is 0 Å². The second-order valence-corrected chi connectivity index (χ2v) is 5.27. The summed E-state index contributed by atoms with van der Waals surface area (Å²) in [5.74, 6) is 1.16. The maximum absolute atomic E-state index is 12.7. The summed E-state index contributed by atoms with van der Waals surface area (Å²) < 4.78 is 0. The van der Waals surface area contributed by atoms with E-state index in [2.05, 4.69) is 30.5 Å². The first kappa shape index (κ1) is 15.0. The Hall–Kier alpha value is -2.96. The minimum absolute atomic E-state index is 0.168. The number of rotatable bonds is 5. The molecule has 1 aromatic carbocycles. The molecule has 0 saturated heterocycles. The van der Waals surface area contributed by atoms with E-state index in [0.717, 1.165) is 17.9 Å². The minimum Gasteiger partial charge on any atom is -0.344 e. The van der Waals surface area contributed by atoms with Crippen molar-refractivity contribution in [1.29, 1.82) is 0 Å². The summed E-state index contributed by atoms with van der Waals surface area (Å²) in [7, 11) is 0. The van der Waals surface area contributed by atoms with Crippen LogP contribution < -0.4 is 5.32 Å². The lowest BCUT2D eigenvalue weighted by Gasteiger charge is -2.16. The highest BCUT2D eigenvalue weighted by molar-refractivity contribution is 6.00. The average molecular weight is 310 g/mol. The Balaban J connectivity index is 1.86. The molecule has 0 unspecified atom stereocenters. The van der Waals surface area contributed by atoms with Gasteiger partial charge < -0.3 is 10.3 Å². The highest BCUT2D eigenvalue weighted by Crippen LogP contribution is 2.21. The molecule has 0 radical (unpaired) electrons. The second kappa shape index (κ2) is 6.43. The van der Waals surface area contributed by atoms with Gasteiger partial charge in [0.15, 0.2) is 5.82 Å². The van der Waals surface area contributed by atoms with E-state index in [0.29, 0.717) is 17.0 Å². The predicted molar refractivity (Wildman–Crippen MR) is 85.6 cm³/mol. The van der Waals surface area contributed by atoms with Crippen LogP contribution in [0.5, 0.6) is 0 Å². The van der Waals surface area contributed by atoms with Gasteiger partial charge in [-0.25, -0.2) is 9.97 Å². The number of carbonyl (C=O) groups excluding carboxylic acids is 1. The Labute approximate surface area is 133 Å². The first-order valence-corrected chi connectivity index (χ1v) is 7.46. The molecule has 0 saturated carbocycles. The lowest BCUT2D eigenvalue weighted by molar-refractivity contribution is 0.0934. The maximum atomic E-state index is 12.7. The number of benzene rings is 1. The minimum atomic E-state index is -0.169. The third kappa shape index (κ3) is 3.13. The van der Waals surface area contributed by atoms with Gasteiger partial charge in [-0.15, -0.1) is 0 Å². The van der Waals surface area contributed by atoms with Crippen LogP contribution in [-0.4, -0.2) is 31.1 Å². The van der Waals surface area contributed by atoms with Gasteiger partial charge in [0.25, 0.3) is 5.91 Å². The predicted octanol–water partition coefficient (Wildman–Crippen LogP) is 2.38. The monoisotopic (exact) mass is 310 g/mol.